The van der Waals surface area contributed by atoms with Gasteiger partial charge in [-0.1, -0.05) is 34.1 Å². The van der Waals surface area contributed by atoms with E-state index in [2.05, 4.69) is 15.9 Å². The molecule has 0 saturated carbocycles. The Kier molecular flexibility index (Phi) is 2.88. The Hall–Kier alpha value is -0.410. The lowest BCUT2D eigenvalue weighted by Gasteiger charge is -2.17. The van der Waals surface area contributed by atoms with E-state index in [1.165, 1.54) is 0 Å². The van der Waals surface area contributed by atoms with Gasteiger partial charge < -0.3 is 4.74 Å². The van der Waals surface area contributed by atoms with Crippen molar-refractivity contribution >= 4 is 15.9 Å². The highest BCUT2D eigenvalue weighted by Gasteiger charge is 2.35. The van der Waals surface area contributed by atoms with Crippen LogP contribution in [0.3, 0.4) is 0 Å². The molecule has 1 aliphatic heterocycles. The summed E-state index contributed by atoms with van der Waals surface area (Å²) >= 11 is 3.42. The van der Waals surface area contributed by atoms with Crippen molar-refractivity contribution in [2.45, 2.75) is 18.5 Å². The summed E-state index contributed by atoms with van der Waals surface area (Å²) in [6, 6.07) is 7.75. The monoisotopic (exact) mass is 258 g/mol. The first-order chi connectivity index (χ1) is 6.70. The molecule has 1 fully saturated rings. The zero-order chi connectivity index (χ0) is 10.0. The van der Waals surface area contributed by atoms with Crippen molar-refractivity contribution in [3.8, 4) is 0 Å². The molecule has 1 unspecified atom stereocenters. The fourth-order valence-corrected chi connectivity index (χ4v) is 2.13. The van der Waals surface area contributed by atoms with Crippen LogP contribution in [-0.4, -0.2) is 18.9 Å². The third-order valence-electron chi connectivity index (χ3n) is 2.52. The van der Waals surface area contributed by atoms with E-state index in [1.54, 1.807) is 0 Å². The second kappa shape index (κ2) is 3.99. The first-order valence-electron chi connectivity index (χ1n) is 4.70. The van der Waals surface area contributed by atoms with Crippen molar-refractivity contribution in [2.75, 3.05) is 13.2 Å². The van der Waals surface area contributed by atoms with Crippen LogP contribution in [0.2, 0.25) is 0 Å². The largest absolute Gasteiger partial charge is 0.378 e. The maximum Gasteiger partial charge on any atom is 0.140 e. The lowest BCUT2D eigenvalue weighted by atomic mass is 9.96. The molecule has 1 nitrogen and oxygen atoms in total. The molecular weight excluding hydrogens is 247 g/mol. The van der Waals surface area contributed by atoms with Gasteiger partial charge in [0.25, 0.3) is 0 Å². The van der Waals surface area contributed by atoms with Gasteiger partial charge in [-0.15, -0.1) is 0 Å². The Morgan fingerprint density at radius 1 is 1.43 bits per heavy atom. The minimum Gasteiger partial charge on any atom is -0.378 e. The topological polar surface area (TPSA) is 9.23 Å². The molecule has 0 amide bonds. The molecule has 1 atom stereocenters. The molecule has 0 radical (unpaired) electrons. The molecule has 76 valence electrons. The van der Waals surface area contributed by atoms with E-state index in [-0.39, 0.29) is 6.61 Å². The van der Waals surface area contributed by atoms with Crippen LogP contribution in [0.5, 0.6) is 0 Å². The Morgan fingerprint density at radius 2 is 2.21 bits per heavy atom. The summed E-state index contributed by atoms with van der Waals surface area (Å²) in [5, 5.41) is 0. The van der Waals surface area contributed by atoms with Crippen molar-refractivity contribution in [3.05, 3.63) is 34.3 Å². The average molecular weight is 259 g/mol. The number of hydrogen-bond donors (Lipinski definition) is 0. The fourth-order valence-electron chi connectivity index (χ4n) is 1.70. The van der Waals surface area contributed by atoms with Crippen LogP contribution in [0.15, 0.2) is 28.7 Å². The zero-order valence-electron chi connectivity index (χ0n) is 7.80. The van der Waals surface area contributed by atoms with Gasteiger partial charge in [-0.3, -0.25) is 0 Å². The summed E-state index contributed by atoms with van der Waals surface area (Å²) in [5.41, 5.74) is -0.148. The van der Waals surface area contributed by atoms with Crippen molar-refractivity contribution in [3.63, 3.8) is 0 Å². The standard InChI is InChI=1S/C11H12BrFO/c12-10-4-2-1-3-9(10)7-11(13)5-6-14-8-11/h1-4H,5-8H2. The second-order valence-electron chi connectivity index (χ2n) is 3.72. The van der Waals surface area contributed by atoms with Gasteiger partial charge in [-0.25, -0.2) is 4.39 Å². The van der Waals surface area contributed by atoms with Crippen LogP contribution in [-0.2, 0) is 11.2 Å². The predicted molar refractivity (Wildman–Crippen MR) is 57.1 cm³/mol. The number of alkyl halides is 1. The Balaban J connectivity index is 2.14. The summed E-state index contributed by atoms with van der Waals surface area (Å²) in [5.74, 6) is 0. The molecule has 0 spiro atoms. The molecule has 1 aromatic rings. The third kappa shape index (κ3) is 2.15. The second-order valence-corrected chi connectivity index (χ2v) is 4.58. The molecule has 2 rings (SSSR count). The molecule has 0 aliphatic carbocycles. The van der Waals surface area contributed by atoms with Gasteiger partial charge >= 0.3 is 0 Å². The molecule has 0 aromatic heterocycles. The van der Waals surface area contributed by atoms with Gasteiger partial charge in [-0.2, -0.15) is 0 Å². The number of rotatable bonds is 2. The van der Waals surface area contributed by atoms with E-state index in [4.69, 9.17) is 4.74 Å². The lowest BCUT2D eigenvalue weighted by Crippen LogP contribution is -2.26. The van der Waals surface area contributed by atoms with Crippen molar-refractivity contribution < 1.29 is 9.13 Å². The van der Waals surface area contributed by atoms with E-state index in [1.807, 2.05) is 24.3 Å². The fraction of sp³-hybridized carbons (Fsp3) is 0.455. The summed E-state index contributed by atoms with van der Waals surface area (Å²) in [6.07, 6.45) is 0.947. The smallest absolute Gasteiger partial charge is 0.140 e. The lowest BCUT2D eigenvalue weighted by molar-refractivity contribution is 0.112. The number of benzene rings is 1. The van der Waals surface area contributed by atoms with Gasteiger partial charge in [0.1, 0.15) is 5.67 Å². The van der Waals surface area contributed by atoms with Gasteiger partial charge in [0, 0.05) is 23.9 Å². The third-order valence-corrected chi connectivity index (χ3v) is 3.29. The summed E-state index contributed by atoms with van der Waals surface area (Å²) in [7, 11) is 0. The Bertz CT molecular complexity index is 321. The van der Waals surface area contributed by atoms with Crippen LogP contribution >= 0.6 is 15.9 Å². The quantitative estimate of drug-likeness (QED) is 0.792. The number of ether oxygens (including phenoxy) is 1. The molecule has 1 heterocycles. The first-order valence-corrected chi connectivity index (χ1v) is 5.49. The van der Waals surface area contributed by atoms with Crippen molar-refractivity contribution in [1.29, 1.82) is 0 Å². The van der Waals surface area contributed by atoms with Crippen LogP contribution in [0, 0.1) is 0 Å². The summed E-state index contributed by atoms with van der Waals surface area (Å²) < 4.78 is 20.1. The molecule has 1 aromatic carbocycles. The first kappa shape index (κ1) is 10.1. The minimum atomic E-state index is -1.16. The number of hydrogen-bond acceptors (Lipinski definition) is 1. The number of halogens is 2. The van der Waals surface area contributed by atoms with E-state index in [0.29, 0.717) is 19.4 Å². The van der Waals surface area contributed by atoms with Gasteiger partial charge in [0.05, 0.1) is 6.61 Å². The van der Waals surface area contributed by atoms with Gasteiger partial charge in [0.2, 0.25) is 0 Å². The van der Waals surface area contributed by atoms with E-state index in [0.717, 1.165) is 10.0 Å². The van der Waals surface area contributed by atoms with Crippen LogP contribution in [0.1, 0.15) is 12.0 Å². The Labute approximate surface area is 91.4 Å². The van der Waals surface area contributed by atoms with E-state index >= 15 is 0 Å². The molecule has 0 bridgehead atoms. The minimum absolute atomic E-state index is 0.230. The van der Waals surface area contributed by atoms with Crippen LogP contribution in [0.25, 0.3) is 0 Å². The predicted octanol–water partition coefficient (Wildman–Crippen LogP) is 3.12. The average Bonchev–Trinajstić information content (AvgIpc) is 2.57. The highest BCUT2D eigenvalue weighted by Crippen LogP contribution is 2.30. The van der Waals surface area contributed by atoms with Crippen LogP contribution < -0.4 is 0 Å². The maximum absolute atomic E-state index is 14.0. The maximum atomic E-state index is 14.0. The molecule has 1 aliphatic rings. The SMILES string of the molecule is FC1(Cc2ccccc2Br)CCOC1. The van der Waals surface area contributed by atoms with Crippen LogP contribution in [0.4, 0.5) is 4.39 Å². The van der Waals surface area contributed by atoms with E-state index < -0.39 is 5.67 Å². The summed E-state index contributed by atoms with van der Waals surface area (Å²) in [6.45, 7) is 0.773. The normalized spacial score (nSPS) is 26.7. The highest BCUT2D eigenvalue weighted by atomic mass is 79.9. The Morgan fingerprint density at radius 3 is 2.86 bits per heavy atom. The summed E-state index contributed by atoms with van der Waals surface area (Å²) in [4.78, 5) is 0. The van der Waals surface area contributed by atoms with Crippen molar-refractivity contribution in [1.82, 2.24) is 0 Å². The van der Waals surface area contributed by atoms with E-state index in [9.17, 15) is 4.39 Å². The zero-order valence-corrected chi connectivity index (χ0v) is 9.39. The molecular formula is C11H12BrFO. The van der Waals surface area contributed by atoms with Gasteiger partial charge in [0.15, 0.2) is 0 Å². The molecule has 0 N–H and O–H groups in total. The molecule has 3 heteroatoms. The molecule has 1 saturated heterocycles. The molecule has 14 heavy (non-hydrogen) atoms. The van der Waals surface area contributed by atoms with Crippen molar-refractivity contribution in [2.24, 2.45) is 0 Å². The van der Waals surface area contributed by atoms with Gasteiger partial charge in [-0.05, 0) is 11.6 Å². The highest BCUT2D eigenvalue weighted by molar-refractivity contribution is 9.10.